The second-order valence-electron chi connectivity index (χ2n) is 8.45. The highest BCUT2D eigenvalue weighted by Crippen LogP contribution is 2.33. The lowest BCUT2D eigenvalue weighted by Crippen LogP contribution is -2.42. The van der Waals surface area contributed by atoms with Crippen molar-refractivity contribution in [2.45, 2.75) is 25.0 Å². The van der Waals surface area contributed by atoms with Gasteiger partial charge in [0, 0.05) is 23.1 Å². The van der Waals surface area contributed by atoms with Gasteiger partial charge in [0.1, 0.15) is 18.6 Å². The number of halogens is 2. The van der Waals surface area contributed by atoms with Crippen LogP contribution in [-0.2, 0) is 29.1 Å². The lowest BCUT2D eigenvalue weighted by Gasteiger charge is -2.32. The first kappa shape index (κ1) is 32.0. The Morgan fingerprint density at radius 1 is 0.902 bits per heavy atom. The smallest absolute Gasteiger partial charge is 0.396 e. The number of amides is 1. The first-order valence-electron chi connectivity index (χ1n) is 12.7. The van der Waals surface area contributed by atoms with Crippen LogP contribution in [0.2, 0.25) is 10.0 Å². The summed E-state index contributed by atoms with van der Waals surface area (Å²) in [5, 5.41) is 6.60. The Labute approximate surface area is 249 Å². The van der Waals surface area contributed by atoms with Crippen LogP contribution in [0.15, 0.2) is 77.7 Å². The van der Waals surface area contributed by atoms with E-state index in [-0.39, 0.29) is 24.7 Å². The van der Waals surface area contributed by atoms with Crippen LogP contribution in [0.4, 0.5) is 11.4 Å². The molecule has 220 valence electrons. The van der Waals surface area contributed by atoms with E-state index in [4.69, 9.17) is 32.7 Å². The zero-order chi connectivity index (χ0) is 29.8. The summed E-state index contributed by atoms with van der Waals surface area (Å²) >= 11 is 11.9. The monoisotopic (exact) mass is 623 g/mol. The number of hydrogen-bond acceptors (Lipinski definition) is 8. The highest BCUT2D eigenvalue weighted by atomic mass is 35.5. The predicted octanol–water partition coefficient (Wildman–Crippen LogP) is 4.72. The quantitative estimate of drug-likeness (QED) is 0.114. The zero-order valence-corrected chi connectivity index (χ0v) is 24.8. The van der Waals surface area contributed by atoms with Gasteiger partial charge in [-0.1, -0.05) is 35.3 Å². The molecule has 1 unspecified atom stereocenters. The molecule has 0 aliphatic heterocycles. The maximum absolute atomic E-state index is 13.9. The maximum Gasteiger partial charge on any atom is 0.396 e. The van der Waals surface area contributed by atoms with Crippen molar-refractivity contribution in [2.75, 3.05) is 42.5 Å². The number of carbonyl (C=O) groups is 2. The van der Waals surface area contributed by atoms with Gasteiger partial charge in [0.2, 0.25) is 0 Å². The minimum Gasteiger partial charge on any atom is -0.492 e. The largest absolute Gasteiger partial charge is 0.492 e. The topological polar surface area (TPSA) is 123 Å². The third-order valence-electron chi connectivity index (χ3n) is 5.55. The molecule has 0 spiro atoms. The fourth-order valence-electron chi connectivity index (χ4n) is 3.67. The summed E-state index contributed by atoms with van der Waals surface area (Å²) in [5.74, 6) is -1.27. The van der Waals surface area contributed by atoms with E-state index in [1.54, 1.807) is 62.4 Å². The van der Waals surface area contributed by atoms with Crippen LogP contribution in [0.1, 0.15) is 13.8 Å². The molecule has 2 N–H and O–H groups in total. The average Bonchev–Trinajstić information content (AvgIpc) is 2.95. The Kier molecular flexibility index (Phi) is 12.1. The molecule has 0 heterocycles. The van der Waals surface area contributed by atoms with Crippen molar-refractivity contribution in [3.05, 3.63) is 82.8 Å². The molecule has 1 amide bonds. The van der Waals surface area contributed by atoms with Gasteiger partial charge in [-0.25, -0.2) is 17.5 Å². The molecule has 0 aliphatic rings. The van der Waals surface area contributed by atoms with Gasteiger partial charge in [-0.3, -0.25) is 4.79 Å². The van der Waals surface area contributed by atoms with Gasteiger partial charge in [0.05, 0.1) is 29.5 Å². The van der Waals surface area contributed by atoms with Crippen LogP contribution < -0.4 is 19.7 Å². The van der Waals surface area contributed by atoms with E-state index in [0.29, 0.717) is 40.3 Å². The third-order valence-corrected chi connectivity index (χ3v) is 7.93. The molecule has 1 atom stereocenters. The van der Waals surface area contributed by atoms with Gasteiger partial charge in [-0.05, 0) is 74.5 Å². The van der Waals surface area contributed by atoms with E-state index in [1.165, 1.54) is 24.3 Å². The minimum atomic E-state index is -4.14. The fraction of sp³-hybridized carbons (Fsp3) is 0.286. The third kappa shape index (κ3) is 9.25. The SMILES string of the molecule is CCOC(=O)C(=O)NCCOC(C)N(c1ccccc1NCCOc1ccc(Cl)cc1)S(=O)(=O)c1ccc(Cl)cc1. The molecule has 0 saturated carbocycles. The van der Waals surface area contributed by atoms with E-state index >= 15 is 0 Å². The Balaban J connectivity index is 1.78. The van der Waals surface area contributed by atoms with Crippen molar-refractivity contribution < 1.29 is 32.2 Å². The van der Waals surface area contributed by atoms with Crippen LogP contribution in [0.5, 0.6) is 5.75 Å². The van der Waals surface area contributed by atoms with Gasteiger partial charge in [0.15, 0.2) is 0 Å². The number of nitrogens with zero attached hydrogens (tertiary/aromatic N) is 1. The molecule has 0 bridgehead atoms. The molecule has 0 saturated heterocycles. The molecule has 0 aromatic heterocycles. The standard InChI is InChI=1S/C28H31Cl2N3O7S/c1-3-38-28(35)27(34)32-17-18-39-20(2)33(41(36,37)24-14-10-22(30)11-15-24)26-7-5-4-6-25(26)31-16-19-40-23-12-8-21(29)9-13-23/h4-15,20,31H,3,16-19H2,1-2H3,(H,32,34). The molecule has 0 fully saturated rings. The Morgan fingerprint density at radius 3 is 2.20 bits per heavy atom. The first-order chi connectivity index (χ1) is 19.6. The molecule has 10 nitrogen and oxygen atoms in total. The van der Waals surface area contributed by atoms with Crippen molar-refractivity contribution in [3.8, 4) is 5.75 Å². The Bertz CT molecular complexity index is 1400. The molecule has 0 aliphatic carbocycles. The van der Waals surface area contributed by atoms with Gasteiger partial charge in [-0.2, -0.15) is 0 Å². The van der Waals surface area contributed by atoms with Crippen molar-refractivity contribution in [2.24, 2.45) is 0 Å². The van der Waals surface area contributed by atoms with Gasteiger partial charge in [0.25, 0.3) is 10.0 Å². The highest BCUT2D eigenvalue weighted by molar-refractivity contribution is 7.92. The summed E-state index contributed by atoms with van der Waals surface area (Å²) in [7, 11) is -4.14. The minimum absolute atomic E-state index is 0.00818. The van der Waals surface area contributed by atoms with Gasteiger partial charge >= 0.3 is 11.9 Å². The molecule has 0 radical (unpaired) electrons. The summed E-state index contributed by atoms with van der Waals surface area (Å²) in [6.07, 6.45) is -1.01. The van der Waals surface area contributed by atoms with Gasteiger partial charge < -0.3 is 24.8 Å². The van der Waals surface area contributed by atoms with E-state index < -0.39 is 28.1 Å². The molecular weight excluding hydrogens is 593 g/mol. The summed E-state index contributed by atoms with van der Waals surface area (Å²) < 4.78 is 45.1. The molecule has 13 heteroatoms. The molecule has 41 heavy (non-hydrogen) atoms. The van der Waals surface area contributed by atoms with Crippen LogP contribution in [0.25, 0.3) is 0 Å². The molecule has 3 aromatic rings. The maximum atomic E-state index is 13.9. The van der Waals surface area contributed by atoms with Crippen molar-refractivity contribution in [1.29, 1.82) is 0 Å². The lowest BCUT2D eigenvalue weighted by molar-refractivity contribution is -0.154. The van der Waals surface area contributed by atoms with Crippen LogP contribution >= 0.6 is 23.2 Å². The first-order valence-corrected chi connectivity index (χ1v) is 14.9. The molecule has 3 rings (SSSR count). The number of para-hydroxylation sites is 2. The summed E-state index contributed by atoms with van der Waals surface area (Å²) in [5.41, 5.74) is 0.854. The van der Waals surface area contributed by atoms with Crippen LogP contribution in [0.3, 0.4) is 0 Å². The number of benzene rings is 3. The summed E-state index contributed by atoms with van der Waals surface area (Å²) in [6, 6.07) is 19.6. The molecule has 3 aromatic carbocycles. The summed E-state index contributed by atoms with van der Waals surface area (Å²) in [4.78, 5) is 23.3. The van der Waals surface area contributed by atoms with Crippen molar-refractivity contribution >= 4 is 56.5 Å². The predicted molar refractivity (Wildman–Crippen MR) is 158 cm³/mol. The number of carbonyl (C=O) groups excluding carboxylic acids is 2. The number of anilines is 2. The normalized spacial score (nSPS) is 11.8. The zero-order valence-electron chi connectivity index (χ0n) is 22.5. The Morgan fingerprint density at radius 2 is 1.54 bits per heavy atom. The van der Waals surface area contributed by atoms with Crippen LogP contribution in [0, 0.1) is 0 Å². The Hall–Kier alpha value is -3.51. The van der Waals surface area contributed by atoms with E-state index in [1.807, 2.05) is 0 Å². The van der Waals surface area contributed by atoms with E-state index in [2.05, 4.69) is 15.4 Å². The molecular formula is C28H31Cl2N3O7S. The second-order valence-corrected chi connectivity index (χ2v) is 11.1. The number of ether oxygens (including phenoxy) is 3. The fourth-order valence-corrected chi connectivity index (χ4v) is 5.50. The number of hydrogen-bond donors (Lipinski definition) is 2. The van der Waals surface area contributed by atoms with E-state index in [0.717, 1.165) is 4.31 Å². The number of rotatable bonds is 14. The summed E-state index contributed by atoms with van der Waals surface area (Å²) in [6.45, 7) is 3.77. The lowest BCUT2D eigenvalue weighted by atomic mass is 10.2. The highest BCUT2D eigenvalue weighted by Gasteiger charge is 2.32. The average molecular weight is 625 g/mol. The van der Waals surface area contributed by atoms with E-state index in [9.17, 15) is 18.0 Å². The van der Waals surface area contributed by atoms with Crippen molar-refractivity contribution in [3.63, 3.8) is 0 Å². The number of esters is 1. The van der Waals surface area contributed by atoms with Crippen molar-refractivity contribution in [1.82, 2.24) is 5.32 Å². The number of sulfonamides is 1. The van der Waals surface area contributed by atoms with Gasteiger partial charge in [-0.15, -0.1) is 0 Å². The number of nitrogens with one attached hydrogen (secondary N) is 2. The second kappa shape index (κ2) is 15.5. The van der Waals surface area contributed by atoms with Crippen LogP contribution in [-0.4, -0.2) is 59.4 Å².